The smallest absolute Gasteiger partial charge is 0.282 e. The Morgan fingerprint density at radius 2 is 2.32 bits per heavy atom. The third kappa shape index (κ3) is 3.41. The van der Waals surface area contributed by atoms with Gasteiger partial charge in [-0.05, 0) is 5.56 Å². The quantitative estimate of drug-likeness (QED) is 0.453. The first kappa shape index (κ1) is 12.8. The van der Waals surface area contributed by atoms with E-state index in [1.807, 2.05) is 6.92 Å². The molecule has 0 atom stereocenters. The van der Waals surface area contributed by atoms with Crippen LogP contribution in [-0.4, -0.2) is 17.1 Å². The summed E-state index contributed by atoms with van der Waals surface area (Å²) in [5, 5.41) is 15.1. The van der Waals surface area contributed by atoms with Gasteiger partial charge in [0.05, 0.1) is 6.21 Å². The minimum Gasteiger partial charge on any atom is -0.872 e. The first-order chi connectivity index (χ1) is 9.16. The number of hydrazone groups is 1. The SMILES string of the molecule is Cc1[nH]cc[n+]1CC(=O)NN=Cc1ccccc1[O-]. The maximum Gasteiger partial charge on any atom is 0.282 e. The number of aromatic amines is 1. The third-order valence-electron chi connectivity index (χ3n) is 2.60. The Labute approximate surface area is 110 Å². The number of benzene rings is 1. The molecule has 0 bridgehead atoms. The number of amides is 1. The summed E-state index contributed by atoms with van der Waals surface area (Å²) in [5.41, 5.74) is 2.82. The number of nitrogens with one attached hydrogen (secondary N) is 2. The molecule has 6 heteroatoms. The van der Waals surface area contributed by atoms with Gasteiger partial charge in [0.1, 0.15) is 12.4 Å². The van der Waals surface area contributed by atoms with Crippen LogP contribution in [0, 0.1) is 6.92 Å². The van der Waals surface area contributed by atoms with E-state index in [-0.39, 0.29) is 18.2 Å². The minimum atomic E-state index is -0.257. The molecule has 98 valence electrons. The molecule has 0 fully saturated rings. The van der Waals surface area contributed by atoms with Gasteiger partial charge in [0.15, 0.2) is 6.54 Å². The first-order valence-corrected chi connectivity index (χ1v) is 5.78. The van der Waals surface area contributed by atoms with Crippen molar-refractivity contribution < 1.29 is 14.5 Å². The van der Waals surface area contributed by atoms with E-state index in [0.29, 0.717) is 5.56 Å². The standard InChI is InChI=1S/C13H14N4O2/c1-10-14-6-7-17(10)9-13(19)16-15-8-11-4-2-3-5-12(11)18/h2-8H,9H2,1H3,(H2,15,16,18,19). The van der Waals surface area contributed by atoms with Gasteiger partial charge in [-0.25, -0.2) is 15.0 Å². The van der Waals surface area contributed by atoms with E-state index >= 15 is 0 Å². The van der Waals surface area contributed by atoms with Crippen LogP contribution < -0.4 is 15.1 Å². The number of aryl methyl sites for hydroxylation is 1. The molecule has 2 rings (SSSR count). The van der Waals surface area contributed by atoms with Crippen molar-refractivity contribution in [1.29, 1.82) is 0 Å². The molecule has 0 aliphatic heterocycles. The summed E-state index contributed by atoms with van der Waals surface area (Å²) >= 11 is 0. The highest BCUT2D eigenvalue weighted by molar-refractivity contribution is 5.84. The second-order valence-electron chi connectivity index (χ2n) is 4.00. The van der Waals surface area contributed by atoms with Crippen molar-refractivity contribution in [3.63, 3.8) is 0 Å². The molecule has 2 N–H and O–H groups in total. The average Bonchev–Trinajstić information content (AvgIpc) is 2.77. The number of hydrogen-bond acceptors (Lipinski definition) is 3. The number of imidazole rings is 1. The van der Waals surface area contributed by atoms with Crippen LogP contribution in [-0.2, 0) is 11.3 Å². The summed E-state index contributed by atoms with van der Waals surface area (Å²) in [5.74, 6) is 0.493. The van der Waals surface area contributed by atoms with E-state index in [4.69, 9.17) is 0 Å². The van der Waals surface area contributed by atoms with Gasteiger partial charge in [0, 0.05) is 6.92 Å². The van der Waals surface area contributed by atoms with Gasteiger partial charge in [-0.2, -0.15) is 5.10 Å². The predicted molar refractivity (Wildman–Crippen MR) is 67.3 cm³/mol. The molecule has 0 aliphatic carbocycles. The van der Waals surface area contributed by atoms with Gasteiger partial charge in [-0.15, -0.1) is 0 Å². The molecule has 0 radical (unpaired) electrons. The normalized spacial score (nSPS) is 10.8. The van der Waals surface area contributed by atoms with Crippen molar-refractivity contribution in [1.82, 2.24) is 10.4 Å². The van der Waals surface area contributed by atoms with Crippen LogP contribution in [0.4, 0.5) is 0 Å². The van der Waals surface area contributed by atoms with Crippen LogP contribution in [0.2, 0.25) is 0 Å². The van der Waals surface area contributed by atoms with Crippen molar-refractivity contribution >= 4 is 12.1 Å². The monoisotopic (exact) mass is 258 g/mol. The Kier molecular flexibility index (Phi) is 3.92. The minimum absolute atomic E-state index is 0.128. The van der Waals surface area contributed by atoms with Gasteiger partial charge in [0.2, 0.25) is 0 Å². The fraction of sp³-hybridized carbons (Fsp3) is 0.154. The number of carbonyl (C=O) groups excluding carboxylic acids is 1. The van der Waals surface area contributed by atoms with Crippen LogP contribution in [0.25, 0.3) is 0 Å². The molecule has 0 saturated heterocycles. The molecule has 1 aromatic carbocycles. The van der Waals surface area contributed by atoms with Gasteiger partial charge in [0.25, 0.3) is 11.7 Å². The van der Waals surface area contributed by atoms with Crippen molar-refractivity contribution in [2.75, 3.05) is 0 Å². The molecule has 0 unspecified atom stereocenters. The Hall–Kier alpha value is -2.63. The highest BCUT2D eigenvalue weighted by Gasteiger charge is 2.09. The molecular formula is C13H14N4O2. The Morgan fingerprint density at radius 1 is 1.53 bits per heavy atom. The lowest BCUT2D eigenvalue weighted by Gasteiger charge is -2.07. The van der Waals surface area contributed by atoms with E-state index in [1.54, 1.807) is 35.2 Å². The zero-order chi connectivity index (χ0) is 13.7. The van der Waals surface area contributed by atoms with Crippen molar-refractivity contribution in [3.8, 4) is 5.75 Å². The summed E-state index contributed by atoms with van der Waals surface area (Å²) < 4.78 is 1.76. The first-order valence-electron chi connectivity index (χ1n) is 5.78. The number of nitrogens with zero attached hydrogens (tertiary/aromatic N) is 2. The Bertz CT molecular complexity index is 604. The molecule has 0 saturated carbocycles. The summed E-state index contributed by atoms with van der Waals surface area (Å²) in [4.78, 5) is 14.6. The lowest BCUT2D eigenvalue weighted by Crippen LogP contribution is -2.42. The maximum absolute atomic E-state index is 11.6. The predicted octanol–water partition coefficient (Wildman–Crippen LogP) is -0.165. The molecule has 19 heavy (non-hydrogen) atoms. The number of carbonyl (C=O) groups is 1. The fourth-order valence-corrected chi connectivity index (χ4v) is 1.56. The van der Waals surface area contributed by atoms with Crippen molar-refractivity contribution in [2.24, 2.45) is 5.10 Å². The number of H-pyrrole nitrogens is 1. The van der Waals surface area contributed by atoms with Crippen LogP contribution in [0.5, 0.6) is 5.75 Å². The van der Waals surface area contributed by atoms with Gasteiger partial charge < -0.3 is 5.11 Å². The molecule has 2 aromatic rings. The second-order valence-corrected chi connectivity index (χ2v) is 4.00. The van der Waals surface area contributed by atoms with Crippen LogP contribution >= 0.6 is 0 Å². The molecule has 1 amide bonds. The van der Waals surface area contributed by atoms with E-state index in [1.165, 1.54) is 12.3 Å². The maximum atomic E-state index is 11.6. The highest BCUT2D eigenvalue weighted by Crippen LogP contribution is 2.08. The van der Waals surface area contributed by atoms with Gasteiger partial charge >= 0.3 is 0 Å². The molecule has 0 aliphatic rings. The molecule has 0 spiro atoms. The highest BCUT2D eigenvalue weighted by atomic mass is 16.3. The van der Waals surface area contributed by atoms with Crippen LogP contribution in [0.15, 0.2) is 41.8 Å². The average molecular weight is 258 g/mol. The van der Waals surface area contributed by atoms with Crippen molar-refractivity contribution in [3.05, 3.63) is 48.0 Å². The second kappa shape index (κ2) is 5.81. The summed E-state index contributed by atoms with van der Waals surface area (Å²) in [7, 11) is 0. The summed E-state index contributed by atoms with van der Waals surface area (Å²) in [6.07, 6.45) is 4.86. The topological polar surface area (TPSA) is 84.2 Å². The molecule has 6 nitrogen and oxygen atoms in total. The summed E-state index contributed by atoms with van der Waals surface area (Å²) in [6, 6.07) is 6.48. The lowest BCUT2D eigenvalue weighted by molar-refractivity contribution is -0.689. The number of hydrogen-bond donors (Lipinski definition) is 2. The molecular weight excluding hydrogens is 244 g/mol. The van der Waals surface area contributed by atoms with Crippen molar-refractivity contribution in [2.45, 2.75) is 13.5 Å². The van der Waals surface area contributed by atoms with Crippen LogP contribution in [0.3, 0.4) is 0 Å². The third-order valence-corrected chi connectivity index (χ3v) is 2.60. The lowest BCUT2D eigenvalue weighted by atomic mass is 10.2. The Balaban J connectivity index is 1.91. The van der Waals surface area contributed by atoms with E-state index in [0.717, 1.165) is 5.82 Å². The number of para-hydroxylation sites is 1. The number of aromatic nitrogens is 2. The van der Waals surface area contributed by atoms with Crippen LogP contribution in [0.1, 0.15) is 11.4 Å². The zero-order valence-electron chi connectivity index (χ0n) is 10.5. The van der Waals surface area contributed by atoms with Gasteiger partial charge in [-0.3, -0.25) is 4.79 Å². The zero-order valence-corrected chi connectivity index (χ0v) is 10.5. The fourth-order valence-electron chi connectivity index (χ4n) is 1.56. The summed E-state index contributed by atoms with van der Waals surface area (Å²) in [6.45, 7) is 2.04. The number of rotatable bonds is 4. The van der Waals surface area contributed by atoms with E-state index in [9.17, 15) is 9.90 Å². The molecule has 1 aromatic heterocycles. The van der Waals surface area contributed by atoms with E-state index < -0.39 is 0 Å². The largest absolute Gasteiger partial charge is 0.872 e. The van der Waals surface area contributed by atoms with E-state index in [2.05, 4.69) is 15.5 Å². The Morgan fingerprint density at radius 3 is 3.00 bits per heavy atom. The molecule has 1 heterocycles. The van der Waals surface area contributed by atoms with Gasteiger partial charge in [-0.1, -0.05) is 30.0 Å².